The molecule has 1 aromatic heterocycles. The van der Waals surface area contributed by atoms with Crippen molar-refractivity contribution in [1.82, 2.24) is 4.98 Å². The normalized spacial score (nSPS) is 10.1. The van der Waals surface area contributed by atoms with Gasteiger partial charge in [0.15, 0.2) is 0 Å². The van der Waals surface area contributed by atoms with Crippen molar-refractivity contribution >= 4 is 23.2 Å². The Balaban J connectivity index is 1.61. The van der Waals surface area contributed by atoms with Crippen LogP contribution in [0.4, 0.5) is 11.4 Å². The number of rotatable bonds is 6. The predicted octanol–water partition coefficient (Wildman–Crippen LogP) is 3.98. The molecule has 0 aliphatic carbocycles. The zero-order valence-corrected chi connectivity index (χ0v) is 14.8. The summed E-state index contributed by atoms with van der Waals surface area (Å²) in [6, 6.07) is 19.2. The van der Waals surface area contributed by atoms with E-state index in [0.29, 0.717) is 29.3 Å². The first-order valence-corrected chi connectivity index (χ1v) is 8.52. The molecule has 0 spiro atoms. The number of nitrogens with zero attached hydrogens (tertiary/aromatic N) is 1. The van der Waals surface area contributed by atoms with Crippen molar-refractivity contribution in [3.05, 3.63) is 84.1 Å². The summed E-state index contributed by atoms with van der Waals surface area (Å²) < 4.78 is 5.26. The Morgan fingerprint density at radius 3 is 2.00 bits per heavy atom. The van der Waals surface area contributed by atoms with Crippen molar-refractivity contribution in [3.63, 3.8) is 0 Å². The summed E-state index contributed by atoms with van der Waals surface area (Å²) in [7, 11) is 0. The van der Waals surface area contributed by atoms with Crippen LogP contribution in [-0.2, 0) is 0 Å². The van der Waals surface area contributed by atoms with Gasteiger partial charge in [-0.15, -0.1) is 0 Å². The maximum Gasteiger partial charge on any atom is 0.257 e. The fourth-order valence-corrected chi connectivity index (χ4v) is 2.38. The number of aromatic nitrogens is 1. The van der Waals surface area contributed by atoms with Crippen LogP contribution in [0.5, 0.6) is 5.88 Å². The molecule has 0 saturated heterocycles. The molecule has 0 bridgehead atoms. The number of amides is 2. The monoisotopic (exact) mass is 361 g/mol. The SMILES string of the molecule is CCOc1ccc(C(=O)Nc2ccc(C(=O)Nc3ccccc3)cc2)cn1. The molecule has 6 heteroatoms. The Kier molecular flexibility index (Phi) is 5.79. The zero-order chi connectivity index (χ0) is 19.1. The molecule has 2 N–H and O–H groups in total. The fourth-order valence-electron chi connectivity index (χ4n) is 2.38. The minimum Gasteiger partial charge on any atom is -0.478 e. The minimum atomic E-state index is -0.285. The molecule has 0 saturated carbocycles. The van der Waals surface area contributed by atoms with E-state index in [0.717, 1.165) is 5.69 Å². The molecule has 0 atom stereocenters. The van der Waals surface area contributed by atoms with Gasteiger partial charge in [0.05, 0.1) is 12.2 Å². The van der Waals surface area contributed by atoms with Crippen LogP contribution in [0.1, 0.15) is 27.6 Å². The van der Waals surface area contributed by atoms with E-state index in [1.165, 1.54) is 6.20 Å². The molecule has 0 fully saturated rings. The summed E-state index contributed by atoms with van der Waals surface area (Å²) in [4.78, 5) is 28.6. The lowest BCUT2D eigenvalue weighted by atomic mass is 10.1. The number of pyridine rings is 1. The molecular formula is C21H19N3O3. The largest absolute Gasteiger partial charge is 0.478 e. The van der Waals surface area contributed by atoms with Crippen LogP contribution in [0.3, 0.4) is 0 Å². The van der Waals surface area contributed by atoms with Crippen LogP contribution in [0.15, 0.2) is 72.9 Å². The minimum absolute atomic E-state index is 0.213. The summed E-state index contributed by atoms with van der Waals surface area (Å²) in [5, 5.41) is 5.59. The number of benzene rings is 2. The molecule has 1 heterocycles. The first-order chi connectivity index (χ1) is 13.2. The molecule has 0 aliphatic rings. The highest BCUT2D eigenvalue weighted by Gasteiger charge is 2.09. The molecule has 3 aromatic rings. The molecule has 2 aromatic carbocycles. The van der Waals surface area contributed by atoms with E-state index >= 15 is 0 Å². The number of carbonyl (C=O) groups is 2. The maximum atomic E-state index is 12.3. The standard InChI is InChI=1S/C21H19N3O3/c1-2-27-19-13-10-16(14-22-19)21(26)24-18-11-8-15(9-12-18)20(25)23-17-6-4-3-5-7-17/h3-14H,2H2,1H3,(H,23,25)(H,24,26). The highest BCUT2D eigenvalue weighted by atomic mass is 16.5. The van der Waals surface area contributed by atoms with Crippen LogP contribution in [0, 0.1) is 0 Å². The average molecular weight is 361 g/mol. The lowest BCUT2D eigenvalue weighted by Crippen LogP contribution is -2.14. The van der Waals surface area contributed by atoms with Gasteiger partial charge in [0, 0.05) is 29.2 Å². The second-order valence-electron chi connectivity index (χ2n) is 5.67. The first-order valence-electron chi connectivity index (χ1n) is 8.52. The van der Waals surface area contributed by atoms with Gasteiger partial charge in [0.2, 0.25) is 5.88 Å². The Morgan fingerprint density at radius 2 is 1.41 bits per heavy atom. The van der Waals surface area contributed by atoms with Crippen molar-refractivity contribution in [2.24, 2.45) is 0 Å². The lowest BCUT2D eigenvalue weighted by molar-refractivity contribution is 0.101. The molecule has 27 heavy (non-hydrogen) atoms. The van der Waals surface area contributed by atoms with E-state index in [9.17, 15) is 9.59 Å². The van der Waals surface area contributed by atoms with E-state index in [4.69, 9.17) is 4.74 Å². The average Bonchev–Trinajstić information content (AvgIpc) is 2.70. The van der Waals surface area contributed by atoms with E-state index in [1.54, 1.807) is 36.4 Å². The summed E-state index contributed by atoms with van der Waals surface area (Å²) >= 11 is 0. The van der Waals surface area contributed by atoms with Gasteiger partial charge in [0.25, 0.3) is 11.8 Å². The summed E-state index contributed by atoms with van der Waals surface area (Å²) in [5.74, 6) is -0.0235. The van der Waals surface area contributed by atoms with E-state index in [1.807, 2.05) is 37.3 Å². The molecular weight excluding hydrogens is 342 g/mol. The molecule has 2 amide bonds. The van der Waals surface area contributed by atoms with E-state index in [2.05, 4.69) is 15.6 Å². The summed E-state index contributed by atoms with van der Waals surface area (Å²) in [5.41, 5.74) is 2.23. The van der Waals surface area contributed by atoms with Gasteiger partial charge in [-0.3, -0.25) is 9.59 Å². The van der Waals surface area contributed by atoms with Gasteiger partial charge < -0.3 is 15.4 Å². The highest BCUT2D eigenvalue weighted by Crippen LogP contribution is 2.14. The Bertz CT molecular complexity index is 908. The molecule has 0 aliphatic heterocycles. The third-order valence-electron chi connectivity index (χ3n) is 3.73. The van der Waals surface area contributed by atoms with Gasteiger partial charge in [-0.1, -0.05) is 18.2 Å². The van der Waals surface area contributed by atoms with Crippen molar-refractivity contribution in [1.29, 1.82) is 0 Å². The number of hydrogen-bond donors (Lipinski definition) is 2. The smallest absolute Gasteiger partial charge is 0.257 e. The van der Waals surface area contributed by atoms with Crippen molar-refractivity contribution in [2.45, 2.75) is 6.92 Å². The molecule has 0 unspecified atom stereocenters. The van der Waals surface area contributed by atoms with E-state index < -0.39 is 0 Å². The number of ether oxygens (including phenoxy) is 1. The van der Waals surface area contributed by atoms with Crippen LogP contribution >= 0.6 is 0 Å². The summed E-state index contributed by atoms with van der Waals surface area (Å²) in [6.45, 7) is 2.38. The van der Waals surface area contributed by atoms with Crippen LogP contribution in [0.2, 0.25) is 0 Å². The fraction of sp³-hybridized carbons (Fsp3) is 0.0952. The maximum absolute atomic E-state index is 12.3. The van der Waals surface area contributed by atoms with E-state index in [-0.39, 0.29) is 11.8 Å². The second-order valence-corrected chi connectivity index (χ2v) is 5.67. The van der Waals surface area contributed by atoms with Crippen molar-refractivity contribution in [3.8, 4) is 5.88 Å². The van der Waals surface area contributed by atoms with Gasteiger partial charge in [0.1, 0.15) is 0 Å². The Hall–Kier alpha value is -3.67. The van der Waals surface area contributed by atoms with Crippen LogP contribution < -0.4 is 15.4 Å². The topological polar surface area (TPSA) is 80.3 Å². The van der Waals surface area contributed by atoms with Crippen LogP contribution in [-0.4, -0.2) is 23.4 Å². The molecule has 0 radical (unpaired) electrons. The number of para-hydroxylation sites is 1. The Morgan fingerprint density at radius 1 is 0.815 bits per heavy atom. The third-order valence-corrected chi connectivity index (χ3v) is 3.73. The van der Waals surface area contributed by atoms with Crippen LogP contribution in [0.25, 0.3) is 0 Å². The van der Waals surface area contributed by atoms with Gasteiger partial charge in [-0.2, -0.15) is 0 Å². The number of hydrogen-bond acceptors (Lipinski definition) is 4. The second kappa shape index (κ2) is 8.62. The predicted molar refractivity (Wildman–Crippen MR) is 104 cm³/mol. The Labute approximate surface area is 157 Å². The first kappa shape index (κ1) is 18.1. The lowest BCUT2D eigenvalue weighted by Gasteiger charge is -2.08. The van der Waals surface area contributed by atoms with Crippen molar-refractivity contribution < 1.29 is 14.3 Å². The number of nitrogens with one attached hydrogen (secondary N) is 2. The number of carbonyl (C=O) groups excluding carboxylic acids is 2. The quantitative estimate of drug-likeness (QED) is 0.696. The molecule has 136 valence electrons. The van der Waals surface area contributed by atoms with Gasteiger partial charge in [-0.05, 0) is 49.4 Å². The highest BCUT2D eigenvalue weighted by molar-refractivity contribution is 6.06. The third kappa shape index (κ3) is 4.92. The van der Waals surface area contributed by atoms with Crippen molar-refractivity contribution in [2.75, 3.05) is 17.2 Å². The van der Waals surface area contributed by atoms with Gasteiger partial charge >= 0.3 is 0 Å². The summed E-state index contributed by atoms with van der Waals surface area (Å²) in [6.07, 6.45) is 1.46. The number of anilines is 2. The zero-order valence-electron chi connectivity index (χ0n) is 14.8. The molecule has 3 rings (SSSR count). The van der Waals surface area contributed by atoms with Gasteiger partial charge in [-0.25, -0.2) is 4.98 Å². The molecule has 6 nitrogen and oxygen atoms in total.